The number of furan rings is 3. The van der Waals surface area contributed by atoms with Crippen LogP contribution < -0.4 is 0 Å². The van der Waals surface area contributed by atoms with Crippen LogP contribution in [-0.2, 0) is 17.3 Å². The molecule has 0 aromatic carbocycles. The maximum Gasteiger partial charge on any atom is 0.235 e. The van der Waals surface area contributed by atoms with E-state index in [1.807, 2.05) is 37.0 Å². The summed E-state index contributed by atoms with van der Waals surface area (Å²) in [5.74, 6) is 2.99. The van der Waals surface area contributed by atoms with Gasteiger partial charge >= 0.3 is 0 Å². The van der Waals surface area contributed by atoms with E-state index in [9.17, 15) is 0 Å². The van der Waals surface area contributed by atoms with E-state index in [4.69, 9.17) is 13.3 Å². The second-order valence-corrected chi connectivity index (χ2v) is 20.9. The van der Waals surface area contributed by atoms with Gasteiger partial charge in [0.05, 0.1) is 37.6 Å². The number of hydrogen-bond donors (Lipinski definition) is 0. The first-order valence-electron chi connectivity index (χ1n) is 7.19. The van der Waals surface area contributed by atoms with Gasteiger partial charge in [-0.2, -0.15) is 33.6 Å². The average molecular weight is 383 g/mol. The molecule has 0 unspecified atom stereocenters. The molecule has 0 spiro atoms. The fourth-order valence-electron chi connectivity index (χ4n) is 1.89. The molecule has 0 radical (unpaired) electrons. The summed E-state index contributed by atoms with van der Waals surface area (Å²) in [5.41, 5.74) is 2.16. The molecule has 3 aromatic rings. The van der Waals surface area contributed by atoms with E-state index in [-0.39, 0.29) is 0 Å². The van der Waals surface area contributed by atoms with E-state index in [1.54, 1.807) is 18.8 Å². The molecular weight excluding hydrogens is 364 g/mol. The molecule has 23 heavy (non-hydrogen) atoms. The first-order valence-corrected chi connectivity index (χ1v) is 14.8. The van der Waals surface area contributed by atoms with Crippen LogP contribution in [0.4, 0.5) is 0 Å². The van der Waals surface area contributed by atoms with Crippen LogP contribution in [0.3, 0.4) is 0 Å². The number of hydrogen-bond acceptors (Lipinski definition) is 6. The Bertz CT molecular complexity index is 572. The molecular formula is C16H18O3S3Si. The second kappa shape index (κ2) is 8.28. The van der Waals surface area contributed by atoms with Gasteiger partial charge in [-0.15, -0.1) is 0 Å². The summed E-state index contributed by atoms with van der Waals surface area (Å²) in [5, 5.41) is 0. The summed E-state index contributed by atoms with van der Waals surface area (Å²) in [6.07, 6.45) is 10.7. The van der Waals surface area contributed by atoms with Crippen molar-refractivity contribution in [1.82, 2.24) is 0 Å². The predicted molar refractivity (Wildman–Crippen MR) is 102 cm³/mol. The lowest BCUT2D eigenvalue weighted by atomic mass is 10.4. The zero-order chi connectivity index (χ0) is 16.0. The molecule has 3 rings (SSSR count). The van der Waals surface area contributed by atoms with Crippen molar-refractivity contribution in [3.63, 3.8) is 0 Å². The molecule has 0 saturated carbocycles. The lowest BCUT2D eigenvalue weighted by Gasteiger charge is -2.25. The van der Waals surface area contributed by atoms with E-state index >= 15 is 0 Å². The molecule has 122 valence electrons. The molecule has 0 fully saturated rings. The monoisotopic (exact) mass is 382 g/mol. The van der Waals surface area contributed by atoms with Crippen LogP contribution >= 0.6 is 33.6 Å². The molecule has 0 N–H and O–H groups in total. The summed E-state index contributed by atoms with van der Waals surface area (Å²) in [4.78, 5) is 0. The quantitative estimate of drug-likeness (QED) is 0.414. The van der Waals surface area contributed by atoms with Crippen molar-refractivity contribution in [2.75, 3.05) is 0 Å². The Labute approximate surface area is 148 Å². The summed E-state index contributed by atoms with van der Waals surface area (Å²) in [6, 6.07) is 6.13. The summed E-state index contributed by atoms with van der Waals surface area (Å²) >= 11 is 6.21. The minimum atomic E-state index is -1.59. The summed E-state index contributed by atoms with van der Waals surface area (Å²) in [7, 11) is 0. The second-order valence-electron chi connectivity index (χ2n) is 5.12. The number of rotatable bonds is 9. The maximum atomic E-state index is 5.18. The smallest absolute Gasteiger partial charge is 0.235 e. The van der Waals surface area contributed by atoms with Crippen molar-refractivity contribution in [3.05, 3.63) is 72.5 Å². The first-order chi connectivity index (χ1) is 11.2. The minimum Gasteiger partial charge on any atom is -0.472 e. The highest BCUT2D eigenvalue weighted by Gasteiger charge is 2.30. The molecule has 3 heterocycles. The molecule has 0 atom stereocenters. The van der Waals surface area contributed by atoms with Crippen LogP contribution in [0.25, 0.3) is 0 Å². The van der Waals surface area contributed by atoms with Crippen LogP contribution in [0.5, 0.6) is 0 Å². The normalized spacial score (nSPS) is 11.9. The molecule has 0 aliphatic carbocycles. The zero-order valence-corrected chi connectivity index (χ0v) is 16.2. The molecule has 3 aromatic heterocycles. The molecule has 0 amide bonds. The summed E-state index contributed by atoms with van der Waals surface area (Å²) in [6.45, 7) is 2.42. The van der Waals surface area contributed by atoms with E-state index in [0.29, 0.717) is 0 Å². The van der Waals surface area contributed by atoms with Crippen LogP contribution in [-0.4, -0.2) is 5.52 Å². The standard InChI is InChI=1S/C16H18O3S3Si/c1-23(20-11-14-2-5-17-8-14,21-12-15-3-6-18-9-15)22-13-16-4-7-19-10-16/h2-10H,11-13H2,1H3. The molecule has 3 nitrogen and oxygen atoms in total. The highest BCUT2D eigenvalue weighted by molar-refractivity contribution is 8.80. The van der Waals surface area contributed by atoms with Crippen molar-refractivity contribution in [2.45, 2.75) is 23.8 Å². The first kappa shape index (κ1) is 16.9. The average Bonchev–Trinajstić information content (AvgIpc) is 3.33. The zero-order valence-electron chi connectivity index (χ0n) is 12.8. The maximum absolute atomic E-state index is 5.18. The van der Waals surface area contributed by atoms with Gasteiger partial charge < -0.3 is 13.3 Å². The summed E-state index contributed by atoms with van der Waals surface area (Å²) < 4.78 is 15.5. The van der Waals surface area contributed by atoms with Gasteiger partial charge in [0.1, 0.15) is 0 Å². The third-order valence-corrected chi connectivity index (χ3v) is 18.6. The SMILES string of the molecule is C[Si](SCc1ccoc1)(SCc1ccoc1)SCc1ccoc1. The van der Waals surface area contributed by atoms with Crippen LogP contribution in [0.15, 0.2) is 69.0 Å². The van der Waals surface area contributed by atoms with Gasteiger partial charge in [-0.05, 0) is 41.4 Å². The van der Waals surface area contributed by atoms with Gasteiger partial charge in [0.15, 0.2) is 0 Å². The highest BCUT2D eigenvalue weighted by Crippen LogP contribution is 2.46. The molecule has 0 bridgehead atoms. The van der Waals surface area contributed by atoms with Crippen LogP contribution in [0, 0.1) is 0 Å². The lowest BCUT2D eigenvalue weighted by molar-refractivity contribution is 0.565. The Morgan fingerprint density at radius 3 is 1.30 bits per heavy atom. The van der Waals surface area contributed by atoms with Gasteiger partial charge in [0.25, 0.3) is 0 Å². The van der Waals surface area contributed by atoms with Gasteiger partial charge in [-0.1, -0.05) is 0 Å². The van der Waals surface area contributed by atoms with E-state index < -0.39 is 5.52 Å². The van der Waals surface area contributed by atoms with Crippen molar-refractivity contribution >= 4 is 39.2 Å². The Kier molecular flexibility index (Phi) is 6.10. The Morgan fingerprint density at radius 2 is 1.04 bits per heavy atom. The fraction of sp³-hybridized carbons (Fsp3) is 0.250. The van der Waals surface area contributed by atoms with Gasteiger partial charge in [0, 0.05) is 17.3 Å². The third-order valence-electron chi connectivity index (χ3n) is 3.24. The van der Waals surface area contributed by atoms with Crippen LogP contribution in [0.1, 0.15) is 16.7 Å². The predicted octanol–water partition coefficient (Wildman–Crippen LogP) is 6.13. The lowest BCUT2D eigenvalue weighted by Crippen LogP contribution is -2.18. The minimum absolute atomic E-state index is 0.996. The third kappa shape index (κ3) is 5.31. The van der Waals surface area contributed by atoms with Crippen molar-refractivity contribution in [1.29, 1.82) is 0 Å². The van der Waals surface area contributed by atoms with Gasteiger partial charge in [-0.3, -0.25) is 0 Å². The fourth-order valence-corrected chi connectivity index (χ4v) is 14.0. The Hall–Kier alpha value is -0.893. The van der Waals surface area contributed by atoms with E-state index in [0.717, 1.165) is 17.3 Å². The van der Waals surface area contributed by atoms with Gasteiger partial charge in [-0.25, -0.2) is 0 Å². The molecule has 0 aliphatic rings. The van der Waals surface area contributed by atoms with Gasteiger partial charge in [0.2, 0.25) is 5.52 Å². The largest absolute Gasteiger partial charge is 0.472 e. The molecule has 0 aliphatic heterocycles. The molecule has 7 heteroatoms. The Balaban J connectivity index is 1.60. The van der Waals surface area contributed by atoms with Crippen molar-refractivity contribution in [2.24, 2.45) is 0 Å². The highest BCUT2D eigenvalue weighted by atomic mass is 32.8. The Morgan fingerprint density at radius 1 is 0.696 bits per heavy atom. The van der Waals surface area contributed by atoms with E-state index in [1.165, 1.54) is 16.7 Å². The van der Waals surface area contributed by atoms with E-state index in [2.05, 4.69) is 40.2 Å². The van der Waals surface area contributed by atoms with Crippen LogP contribution in [0.2, 0.25) is 6.55 Å². The topological polar surface area (TPSA) is 39.4 Å². The van der Waals surface area contributed by atoms with Crippen molar-refractivity contribution in [3.8, 4) is 0 Å². The van der Waals surface area contributed by atoms with Crippen molar-refractivity contribution < 1.29 is 13.3 Å². The molecule has 0 saturated heterocycles.